The number of nitrogens with one attached hydrogen (secondary N) is 1. The summed E-state index contributed by atoms with van der Waals surface area (Å²) in [7, 11) is 1.79. The molecule has 0 spiro atoms. The highest BCUT2D eigenvalue weighted by Crippen LogP contribution is 2.36. The first-order valence-corrected chi connectivity index (χ1v) is 5.05. The Morgan fingerprint density at radius 1 is 1.71 bits per heavy atom. The van der Waals surface area contributed by atoms with E-state index in [0.717, 1.165) is 13.0 Å². The van der Waals surface area contributed by atoms with Gasteiger partial charge in [0.25, 0.3) is 0 Å². The van der Waals surface area contributed by atoms with Crippen molar-refractivity contribution in [3.8, 4) is 0 Å². The van der Waals surface area contributed by atoms with Crippen molar-refractivity contribution in [2.24, 2.45) is 7.05 Å². The zero-order valence-corrected chi connectivity index (χ0v) is 8.63. The van der Waals surface area contributed by atoms with Crippen molar-refractivity contribution in [2.45, 2.75) is 31.5 Å². The Morgan fingerprint density at radius 2 is 2.50 bits per heavy atom. The molecular weight excluding hydrogens is 181 g/mol. The Hall–Kier alpha value is -0.900. The molecule has 0 amide bonds. The molecule has 0 bridgehead atoms. The number of halogens is 1. The number of rotatable bonds is 1. The van der Waals surface area contributed by atoms with E-state index < -0.39 is 5.67 Å². The third-order valence-corrected chi connectivity index (χ3v) is 3.10. The summed E-state index contributed by atoms with van der Waals surface area (Å²) < 4.78 is 16.3. The predicted molar refractivity (Wildman–Crippen MR) is 52.7 cm³/mol. The molecule has 14 heavy (non-hydrogen) atoms. The van der Waals surface area contributed by atoms with E-state index in [2.05, 4.69) is 10.4 Å². The van der Waals surface area contributed by atoms with Gasteiger partial charge in [0.15, 0.2) is 5.67 Å². The molecular formula is C10H16FN3. The molecule has 1 fully saturated rings. The molecule has 2 rings (SSSR count). The molecule has 2 unspecified atom stereocenters. The van der Waals surface area contributed by atoms with Crippen LogP contribution in [0.25, 0.3) is 0 Å². The van der Waals surface area contributed by atoms with Gasteiger partial charge in [0.2, 0.25) is 0 Å². The number of piperidine rings is 1. The fraction of sp³-hybridized carbons (Fsp3) is 0.700. The Balaban J connectivity index is 2.34. The van der Waals surface area contributed by atoms with Gasteiger partial charge in [-0.1, -0.05) is 0 Å². The van der Waals surface area contributed by atoms with Crippen molar-refractivity contribution in [3.05, 3.63) is 18.0 Å². The second-order valence-electron chi connectivity index (χ2n) is 3.98. The minimum Gasteiger partial charge on any atom is -0.311 e. The van der Waals surface area contributed by atoms with E-state index in [-0.39, 0.29) is 6.04 Å². The number of aromatic nitrogens is 2. The molecule has 1 N–H and O–H groups in total. The van der Waals surface area contributed by atoms with Crippen LogP contribution in [0.3, 0.4) is 0 Å². The van der Waals surface area contributed by atoms with Gasteiger partial charge in [-0.15, -0.1) is 0 Å². The standard InChI is InChI=1S/C10H16FN3/c1-8-10(11,5-3-6-12-8)9-4-7-13-14(9)2/h4,7-8,12H,3,5-6H2,1-2H3. The van der Waals surface area contributed by atoms with Gasteiger partial charge < -0.3 is 5.32 Å². The van der Waals surface area contributed by atoms with Crippen molar-refractivity contribution >= 4 is 0 Å². The Bertz CT molecular complexity index is 323. The lowest BCUT2D eigenvalue weighted by Gasteiger charge is -2.36. The fourth-order valence-corrected chi connectivity index (χ4v) is 2.17. The van der Waals surface area contributed by atoms with Crippen LogP contribution in [0.5, 0.6) is 0 Å². The van der Waals surface area contributed by atoms with E-state index >= 15 is 0 Å². The molecule has 1 aromatic heterocycles. The number of nitrogens with zero attached hydrogens (tertiary/aromatic N) is 2. The topological polar surface area (TPSA) is 29.9 Å². The highest BCUT2D eigenvalue weighted by Gasteiger charge is 2.42. The maximum atomic E-state index is 14.7. The minimum atomic E-state index is -1.26. The fourth-order valence-electron chi connectivity index (χ4n) is 2.17. The van der Waals surface area contributed by atoms with E-state index in [1.54, 1.807) is 24.0 Å². The van der Waals surface area contributed by atoms with Crippen LogP contribution in [0.2, 0.25) is 0 Å². The second kappa shape index (κ2) is 3.35. The summed E-state index contributed by atoms with van der Waals surface area (Å²) in [5.74, 6) is 0. The van der Waals surface area contributed by atoms with Crippen LogP contribution < -0.4 is 5.32 Å². The van der Waals surface area contributed by atoms with E-state index in [9.17, 15) is 4.39 Å². The number of alkyl halides is 1. The van der Waals surface area contributed by atoms with Gasteiger partial charge in [-0.3, -0.25) is 4.68 Å². The molecule has 0 saturated carbocycles. The SMILES string of the molecule is CC1NCCCC1(F)c1ccnn1C. The van der Waals surface area contributed by atoms with Crippen molar-refractivity contribution in [2.75, 3.05) is 6.54 Å². The van der Waals surface area contributed by atoms with Crippen LogP contribution in [0.15, 0.2) is 12.3 Å². The number of hydrogen-bond acceptors (Lipinski definition) is 2. The largest absolute Gasteiger partial charge is 0.311 e. The van der Waals surface area contributed by atoms with Crippen LogP contribution in [-0.2, 0) is 12.7 Å². The van der Waals surface area contributed by atoms with Gasteiger partial charge >= 0.3 is 0 Å². The molecule has 0 aromatic carbocycles. The molecule has 0 radical (unpaired) electrons. The van der Waals surface area contributed by atoms with Crippen LogP contribution in [0, 0.1) is 0 Å². The maximum absolute atomic E-state index is 14.7. The molecule has 2 atom stereocenters. The van der Waals surface area contributed by atoms with E-state index in [1.165, 1.54) is 0 Å². The average molecular weight is 197 g/mol. The first kappa shape index (κ1) is 9.65. The van der Waals surface area contributed by atoms with Crippen LogP contribution in [0.4, 0.5) is 4.39 Å². The summed E-state index contributed by atoms with van der Waals surface area (Å²) >= 11 is 0. The summed E-state index contributed by atoms with van der Waals surface area (Å²) in [6, 6.07) is 1.63. The Labute approximate surface area is 83.3 Å². The van der Waals surface area contributed by atoms with Crippen molar-refractivity contribution in [3.63, 3.8) is 0 Å². The van der Waals surface area contributed by atoms with Gasteiger partial charge in [0.1, 0.15) is 0 Å². The molecule has 4 heteroatoms. The zero-order chi connectivity index (χ0) is 10.2. The predicted octanol–water partition coefficient (Wildman–Crippen LogP) is 1.36. The maximum Gasteiger partial charge on any atom is 0.167 e. The Morgan fingerprint density at radius 3 is 3.07 bits per heavy atom. The summed E-state index contributed by atoms with van der Waals surface area (Å²) in [6.45, 7) is 2.80. The van der Waals surface area contributed by atoms with Crippen LogP contribution >= 0.6 is 0 Å². The smallest absolute Gasteiger partial charge is 0.167 e. The zero-order valence-electron chi connectivity index (χ0n) is 8.63. The summed E-state index contributed by atoms with van der Waals surface area (Å²) in [5.41, 5.74) is -0.582. The summed E-state index contributed by atoms with van der Waals surface area (Å²) in [5, 5.41) is 7.19. The van der Waals surface area contributed by atoms with Gasteiger partial charge in [-0.05, 0) is 32.4 Å². The molecule has 1 saturated heterocycles. The molecule has 1 aliphatic rings. The molecule has 2 heterocycles. The van der Waals surface area contributed by atoms with E-state index in [0.29, 0.717) is 12.1 Å². The van der Waals surface area contributed by atoms with Crippen LogP contribution in [0.1, 0.15) is 25.5 Å². The quantitative estimate of drug-likeness (QED) is 0.736. The summed E-state index contributed by atoms with van der Waals surface area (Å²) in [6.07, 6.45) is 3.12. The lowest BCUT2D eigenvalue weighted by molar-refractivity contribution is 0.0657. The van der Waals surface area contributed by atoms with Crippen molar-refractivity contribution in [1.29, 1.82) is 0 Å². The van der Waals surface area contributed by atoms with Gasteiger partial charge in [-0.25, -0.2) is 4.39 Å². The monoisotopic (exact) mass is 197 g/mol. The molecule has 0 aliphatic carbocycles. The average Bonchev–Trinajstić information content (AvgIpc) is 2.57. The lowest BCUT2D eigenvalue weighted by atomic mass is 9.86. The number of hydrogen-bond donors (Lipinski definition) is 1. The minimum absolute atomic E-state index is 0.133. The van der Waals surface area contributed by atoms with E-state index in [1.807, 2.05) is 6.92 Å². The van der Waals surface area contributed by atoms with Gasteiger partial charge in [0, 0.05) is 19.3 Å². The normalized spacial score (nSPS) is 33.2. The van der Waals surface area contributed by atoms with Gasteiger partial charge in [-0.2, -0.15) is 5.10 Å². The van der Waals surface area contributed by atoms with Gasteiger partial charge in [0.05, 0.1) is 5.69 Å². The third-order valence-electron chi connectivity index (χ3n) is 3.10. The first-order chi connectivity index (χ1) is 6.64. The van der Waals surface area contributed by atoms with E-state index in [4.69, 9.17) is 0 Å². The van der Waals surface area contributed by atoms with Crippen LogP contribution in [-0.4, -0.2) is 22.4 Å². The third kappa shape index (κ3) is 1.34. The lowest BCUT2D eigenvalue weighted by Crippen LogP contribution is -2.49. The second-order valence-corrected chi connectivity index (χ2v) is 3.98. The molecule has 3 nitrogen and oxygen atoms in total. The number of aryl methyl sites for hydroxylation is 1. The summed E-state index contributed by atoms with van der Waals surface area (Å²) in [4.78, 5) is 0. The molecule has 1 aromatic rings. The van der Waals surface area contributed by atoms with Crippen molar-refractivity contribution in [1.82, 2.24) is 15.1 Å². The Kier molecular flexibility index (Phi) is 2.31. The first-order valence-electron chi connectivity index (χ1n) is 5.05. The van der Waals surface area contributed by atoms with Crippen molar-refractivity contribution < 1.29 is 4.39 Å². The molecule has 1 aliphatic heterocycles. The molecule has 78 valence electrons. The highest BCUT2D eigenvalue weighted by molar-refractivity contribution is 5.16. The highest BCUT2D eigenvalue weighted by atomic mass is 19.1.